The second kappa shape index (κ2) is 9.75. The van der Waals surface area contributed by atoms with Crippen LogP contribution in [0.1, 0.15) is 42.6 Å². The van der Waals surface area contributed by atoms with Crippen LogP contribution >= 0.6 is 24.0 Å². The van der Waals surface area contributed by atoms with Crippen molar-refractivity contribution in [1.82, 2.24) is 4.90 Å². The summed E-state index contributed by atoms with van der Waals surface area (Å²) < 4.78 is 4.96. The number of guanidine groups is 1. The zero-order chi connectivity index (χ0) is 15.9. The minimum atomic E-state index is -0.292. The summed E-state index contributed by atoms with van der Waals surface area (Å²) in [5, 5.41) is 0. The number of likely N-dealkylation sites (tertiary alicyclic amines) is 1. The van der Waals surface area contributed by atoms with Gasteiger partial charge in [0.2, 0.25) is 0 Å². The fourth-order valence-corrected chi connectivity index (χ4v) is 2.63. The van der Waals surface area contributed by atoms with Crippen LogP contribution in [-0.2, 0) is 11.3 Å². The quantitative estimate of drug-likeness (QED) is 0.345. The van der Waals surface area contributed by atoms with Gasteiger partial charge in [-0.25, -0.2) is 9.79 Å². The number of esters is 1. The number of carbonyl (C=O) groups excluding carboxylic acids is 1. The molecule has 23 heavy (non-hydrogen) atoms. The summed E-state index contributed by atoms with van der Waals surface area (Å²) in [6.07, 6.45) is 2.44. The van der Waals surface area contributed by atoms with Gasteiger partial charge in [-0.2, -0.15) is 0 Å². The van der Waals surface area contributed by atoms with Gasteiger partial charge < -0.3 is 15.4 Å². The van der Waals surface area contributed by atoms with E-state index in [4.69, 9.17) is 10.5 Å². The molecule has 2 rings (SSSR count). The maximum absolute atomic E-state index is 11.6. The van der Waals surface area contributed by atoms with Crippen LogP contribution in [-0.4, -0.2) is 36.5 Å². The molecule has 128 valence electrons. The fraction of sp³-hybridized carbons (Fsp3) is 0.529. The van der Waals surface area contributed by atoms with Crippen LogP contribution in [0.5, 0.6) is 0 Å². The average molecular weight is 431 g/mol. The molecular formula is C17H26IN3O2. The normalized spacial score (nSPS) is 18.3. The van der Waals surface area contributed by atoms with E-state index in [1.807, 2.05) is 12.1 Å². The number of halogens is 1. The molecule has 1 atom stereocenters. The first-order valence-electron chi connectivity index (χ1n) is 7.91. The maximum atomic E-state index is 11.6. The standard InChI is InChI=1S/C17H25N3O2.HI/c1-3-22-16(21)15-8-6-14(7-9-15)11-19-17(18)20-10-4-5-13(2)12-20;/h6-9,13H,3-5,10-12H2,1-2H3,(H2,18,19);1H. The van der Waals surface area contributed by atoms with Gasteiger partial charge in [0.15, 0.2) is 5.96 Å². The van der Waals surface area contributed by atoms with E-state index in [2.05, 4.69) is 16.8 Å². The van der Waals surface area contributed by atoms with Crippen LogP contribution in [0.15, 0.2) is 29.3 Å². The smallest absolute Gasteiger partial charge is 0.338 e. The lowest BCUT2D eigenvalue weighted by Crippen LogP contribution is -2.43. The lowest BCUT2D eigenvalue weighted by atomic mass is 10.0. The van der Waals surface area contributed by atoms with E-state index in [0.717, 1.165) is 18.7 Å². The van der Waals surface area contributed by atoms with Crippen molar-refractivity contribution in [2.24, 2.45) is 16.6 Å². The Labute approximate surface area is 155 Å². The van der Waals surface area contributed by atoms with Crippen molar-refractivity contribution >= 4 is 35.9 Å². The van der Waals surface area contributed by atoms with Gasteiger partial charge in [-0.05, 0) is 43.4 Å². The molecule has 1 aliphatic rings. The number of carbonyl (C=O) groups is 1. The molecule has 0 amide bonds. The Balaban J connectivity index is 0.00000264. The van der Waals surface area contributed by atoms with E-state index in [9.17, 15) is 4.79 Å². The van der Waals surface area contributed by atoms with Gasteiger partial charge >= 0.3 is 5.97 Å². The maximum Gasteiger partial charge on any atom is 0.338 e. The summed E-state index contributed by atoms with van der Waals surface area (Å²) >= 11 is 0. The second-order valence-corrected chi connectivity index (χ2v) is 5.79. The van der Waals surface area contributed by atoms with Crippen molar-refractivity contribution in [3.8, 4) is 0 Å². The van der Waals surface area contributed by atoms with E-state index in [-0.39, 0.29) is 29.9 Å². The first kappa shape index (κ1) is 19.7. The van der Waals surface area contributed by atoms with Crippen LogP contribution in [0.3, 0.4) is 0 Å². The highest BCUT2D eigenvalue weighted by molar-refractivity contribution is 14.0. The predicted octanol–water partition coefficient (Wildman–Crippen LogP) is 3.03. The van der Waals surface area contributed by atoms with Crippen molar-refractivity contribution in [1.29, 1.82) is 0 Å². The molecule has 0 saturated carbocycles. The van der Waals surface area contributed by atoms with Crippen LogP contribution in [0, 0.1) is 5.92 Å². The highest BCUT2D eigenvalue weighted by Gasteiger charge is 2.17. The molecule has 0 bridgehead atoms. The highest BCUT2D eigenvalue weighted by atomic mass is 127. The van der Waals surface area contributed by atoms with Gasteiger partial charge in [0.1, 0.15) is 0 Å². The van der Waals surface area contributed by atoms with Crippen LogP contribution < -0.4 is 5.73 Å². The molecule has 1 aromatic rings. The molecule has 5 nitrogen and oxygen atoms in total. The number of hydrogen-bond donors (Lipinski definition) is 1. The number of hydrogen-bond acceptors (Lipinski definition) is 3. The Hall–Kier alpha value is -1.31. The minimum Gasteiger partial charge on any atom is -0.462 e. The second-order valence-electron chi connectivity index (χ2n) is 5.79. The van der Waals surface area contributed by atoms with E-state index in [1.54, 1.807) is 19.1 Å². The molecule has 6 heteroatoms. The first-order chi connectivity index (χ1) is 10.6. The van der Waals surface area contributed by atoms with E-state index < -0.39 is 0 Å². The van der Waals surface area contributed by atoms with Crippen molar-refractivity contribution in [3.63, 3.8) is 0 Å². The summed E-state index contributed by atoms with van der Waals surface area (Å²) in [7, 11) is 0. The lowest BCUT2D eigenvalue weighted by molar-refractivity contribution is 0.0526. The molecule has 0 aliphatic carbocycles. The lowest BCUT2D eigenvalue weighted by Gasteiger charge is -2.31. The van der Waals surface area contributed by atoms with E-state index >= 15 is 0 Å². The third-order valence-corrected chi connectivity index (χ3v) is 3.87. The third kappa shape index (κ3) is 6.01. The molecule has 1 unspecified atom stereocenters. The summed E-state index contributed by atoms with van der Waals surface area (Å²) in [6.45, 7) is 6.92. The molecular weight excluding hydrogens is 405 g/mol. The monoisotopic (exact) mass is 431 g/mol. The zero-order valence-corrected chi connectivity index (χ0v) is 16.2. The molecule has 1 aliphatic heterocycles. The number of rotatable bonds is 4. The van der Waals surface area contributed by atoms with Gasteiger partial charge in [-0.1, -0.05) is 19.1 Å². The summed E-state index contributed by atoms with van der Waals surface area (Å²) in [6, 6.07) is 7.31. The van der Waals surface area contributed by atoms with Gasteiger partial charge in [0.05, 0.1) is 18.7 Å². The Morgan fingerprint density at radius 3 is 2.70 bits per heavy atom. The Morgan fingerprint density at radius 2 is 2.09 bits per heavy atom. The number of ether oxygens (including phenoxy) is 1. The third-order valence-electron chi connectivity index (χ3n) is 3.87. The largest absolute Gasteiger partial charge is 0.462 e. The summed E-state index contributed by atoms with van der Waals surface area (Å²) in [5.41, 5.74) is 7.67. The molecule has 1 heterocycles. The number of benzene rings is 1. The summed E-state index contributed by atoms with van der Waals surface area (Å²) in [4.78, 5) is 18.2. The Bertz CT molecular complexity index is 531. The Morgan fingerprint density at radius 1 is 1.39 bits per heavy atom. The first-order valence-corrected chi connectivity index (χ1v) is 7.91. The molecule has 1 aromatic carbocycles. The van der Waals surface area contributed by atoms with Crippen molar-refractivity contribution < 1.29 is 9.53 Å². The highest BCUT2D eigenvalue weighted by Crippen LogP contribution is 2.15. The van der Waals surface area contributed by atoms with E-state index in [1.165, 1.54) is 12.8 Å². The van der Waals surface area contributed by atoms with Crippen LogP contribution in [0.2, 0.25) is 0 Å². The van der Waals surface area contributed by atoms with Gasteiger partial charge in [0.25, 0.3) is 0 Å². The van der Waals surface area contributed by atoms with Gasteiger partial charge in [-0.15, -0.1) is 24.0 Å². The minimum absolute atomic E-state index is 0. The van der Waals surface area contributed by atoms with Crippen molar-refractivity contribution in [2.75, 3.05) is 19.7 Å². The molecule has 2 N–H and O–H groups in total. The van der Waals surface area contributed by atoms with Gasteiger partial charge in [-0.3, -0.25) is 0 Å². The number of nitrogens with two attached hydrogens (primary N) is 1. The Kier molecular flexibility index (Phi) is 8.36. The number of piperidine rings is 1. The number of aliphatic imine (C=N–C) groups is 1. The SMILES string of the molecule is CCOC(=O)c1ccc(CN=C(N)N2CCCC(C)C2)cc1.I. The van der Waals surface area contributed by atoms with Crippen molar-refractivity contribution in [2.45, 2.75) is 33.2 Å². The topological polar surface area (TPSA) is 67.9 Å². The summed E-state index contributed by atoms with van der Waals surface area (Å²) in [5.74, 6) is 0.992. The zero-order valence-electron chi connectivity index (χ0n) is 13.8. The molecule has 0 radical (unpaired) electrons. The number of nitrogens with zero attached hydrogens (tertiary/aromatic N) is 2. The molecule has 1 fully saturated rings. The predicted molar refractivity (Wildman–Crippen MR) is 103 cm³/mol. The fourth-order valence-electron chi connectivity index (χ4n) is 2.63. The van der Waals surface area contributed by atoms with Crippen molar-refractivity contribution in [3.05, 3.63) is 35.4 Å². The van der Waals surface area contributed by atoms with E-state index in [0.29, 0.717) is 30.6 Å². The van der Waals surface area contributed by atoms with Crippen LogP contribution in [0.25, 0.3) is 0 Å². The molecule has 0 spiro atoms. The average Bonchev–Trinajstić information content (AvgIpc) is 2.53. The van der Waals surface area contributed by atoms with Gasteiger partial charge in [0, 0.05) is 13.1 Å². The molecule has 0 aromatic heterocycles. The van der Waals surface area contributed by atoms with Crippen LogP contribution in [0.4, 0.5) is 0 Å². The molecule has 1 saturated heterocycles.